The third-order valence-corrected chi connectivity index (χ3v) is 22.4. The van der Waals surface area contributed by atoms with Crippen LogP contribution in [0.25, 0.3) is 0 Å². The fourth-order valence-electron chi connectivity index (χ4n) is 15.1. The molecule has 0 radical (unpaired) electrons. The number of hydrogen-bond donors (Lipinski definition) is 3. The SMILES string of the molecule is C.CC(C)(C)OC(=O)CCC(=CF)COc1ccc(C(=O)N2CCC(c3ccccc3)CC2)cc1.CC(C)(C)OC(=O)CCC(=CF)COc1ccc(C(=O)O)cc1.O=C(c1ccc(OC/C(=C\F)CNC(=O)C(F)(F)F)cc1)N1CCC(c2ccccc2)CC1.O=C(c1ccc(OCC(=CF)CNC(=O)C(F)(F)F)cc1)N1CCC(c2ccccc2)CC1.[3H]C.c1ccc(C2CCCCC2)cc1. The number of aromatic carboxylic acids is 1. The molecule has 8 aromatic carbocycles. The number of nitrogens with zero attached hydrogens (tertiary/aromatic N) is 3. The Morgan fingerprint density at radius 1 is 0.343 bits per heavy atom. The number of likely N-dealkylation sites (tertiary alicyclic amines) is 3. The lowest BCUT2D eigenvalue weighted by atomic mass is 9.84. The Hall–Kier alpha value is -13.0. The van der Waals surface area contributed by atoms with Crippen molar-refractivity contribution in [2.45, 2.75) is 200 Å². The Balaban J connectivity index is 0.000000270. The van der Waals surface area contributed by atoms with Crippen LogP contribution in [-0.4, -0.2) is 170 Å². The predicted molar refractivity (Wildman–Crippen MR) is 508 cm³/mol. The average Bonchev–Trinajstić information content (AvgIpc) is 0.837. The second-order valence-corrected chi connectivity index (χ2v) is 34.8. The van der Waals surface area contributed by atoms with Crippen LogP contribution in [-0.2, 0) is 28.7 Å². The summed E-state index contributed by atoms with van der Waals surface area (Å²) in [5.41, 5.74) is 6.38. The van der Waals surface area contributed by atoms with Crippen molar-refractivity contribution in [2.75, 3.05) is 78.8 Å². The van der Waals surface area contributed by atoms with Crippen LogP contribution < -0.4 is 29.6 Å². The number of benzene rings is 8. The summed E-state index contributed by atoms with van der Waals surface area (Å²) in [6.07, 6.45) is 4.15. The Morgan fingerprint density at radius 3 is 0.803 bits per heavy atom. The van der Waals surface area contributed by atoms with E-state index in [2.05, 4.69) is 78.9 Å². The van der Waals surface area contributed by atoms with E-state index in [1.54, 1.807) is 106 Å². The Bertz CT molecular complexity index is 4990. The van der Waals surface area contributed by atoms with Gasteiger partial charge in [-0.3, -0.25) is 33.6 Å². The summed E-state index contributed by atoms with van der Waals surface area (Å²) < 4.78 is 163. The van der Waals surface area contributed by atoms with Crippen LogP contribution in [0.2, 0.25) is 0 Å². The van der Waals surface area contributed by atoms with Crippen LogP contribution in [0.1, 0.15) is 241 Å². The van der Waals surface area contributed by atoms with Gasteiger partial charge in [-0.15, -0.1) is 0 Å². The number of alkyl halides is 6. The number of carboxylic acids is 1. The third-order valence-electron chi connectivity index (χ3n) is 22.4. The summed E-state index contributed by atoms with van der Waals surface area (Å²) in [5, 5.41) is 12.0. The number of rotatable bonds is 30. The normalized spacial score (nSPS) is 14.9. The van der Waals surface area contributed by atoms with Gasteiger partial charge in [0.1, 0.15) is 60.6 Å². The molecule has 3 heterocycles. The number of nitrogens with one attached hydrogen (secondary N) is 2. The standard InChI is InChI=1S/C28H34FNO4.2C24H24F4N2O3.C17H21FO5.C12H16.2CH4/c1-28(2,3)34-26(31)14-9-21(19-29)20-33-25-12-10-24(11-13-25)27(32)30-17-15-23(16-18-30)22-7-5-4-6-8-22;2*25-14-17(15-29-23(32)24(26,27)28)16-33-21-8-6-20(7-9-21)22(31)30-12-10-19(11-13-30)18-4-2-1-3-5-18;1-17(2,3)23-15(19)9-4-12(10-18)11-22-14-7-5-13(6-8-14)16(20)21;1-3-7-11(8-4-1)12-9-5-2-6-10-12;;/h4-8,10-13,19,23H,9,14-18,20H2,1-3H3;2*1-9,14,19H,10-13,15-16H2,(H,29,32);5-8,10H,4,9,11H2,1-3H3,(H,20,21);1,3-4,7-8,12H,2,5-6,9-10H2;2*1H4/b;17-14-;;;;;/i;;;;;1T;. The second-order valence-electron chi connectivity index (χ2n) is 34.8. The summed E-state index contributed by atoms with van der Waals surface area (Å²) in [6.45, 7) is 12.8. The van der Waals surface area contributed by atoms with E-state index in [1.165, 1.54) is 105 Å². The van der Waals surface area contributed by atoms with Gasteiger partial charge in [-0.1, -0.05) is 155 Å². The number of halogens is 10. The largest absolute Gasteiger partial charge is 0.489 e. The third kappa shape index (κ3) is 40.4. The number of carboxylic acid groups (broad SMARTS) is 1. The maximum Gasteiger partial charge on any atom is 0.471 e. The lowest BCUT2D eigenvalue weighted by molar-refractivity contribution is -0.173. The number of piperidine rings is 3. The summed E-state index contributed by atoms with van der Waals surface area (Å²) in [4.78, 5) is 99.8. The number of esters is 2. The number of amides is 5. The van der Waals surface area contributed by atoms with Crippen LogP contribution >= 0.6 is 0 Å². The maximum absolute atomic E-state index is 13.2. The van der Waals surface area contributed by atoms with Crippen molar-refractivity contribution >= 4 is 47.4 Å². The van der Waals surface area contributed by atoms with E-state index < -0.39 is 60.4 Å². The van der Waals surface area contributed by atoms with Gasteiger partial charge in [0.05, 0.1) is 30.9 Å². The van der Waals surface area contributed by atoms with E-state index in [0.717, 1.165) is 57.5 Å². The van der Waals surface area contributed by atoms with Gasteiger partial charge in [0.2, 0.25) is 0 Å². The topological polar surface area (TPSA) is 246 Å². The van der Waals surface area contributed by atoms with Crippen molar-refractivity contribution in [2.24, 2.45) is 0 Å². The average molecular weight is 1920 g/mol. The minimum absolute atomic E-state index is 0. The highest BCUT2D eigenvalue weighted by atomic mass is 19.4. The summed E-state index contributed by atoms with van der Waals surface area (Å²) >= 11 is 0. The zero-order chi connectivity index (χ0) is 99.9. The molecule has 5 amide bonds. The van der Waals surface area contributed by atoms with Gasteiger partial charge in [-0.25, -0.2) is 22.4 Å². The maximum atomic E-state index is 13.2. The lowest BCUT2D eigenvalue weighted by Gasteiger charge is -2.32. The predicted octanol–water partition coefficient (Wildman–Crippen LogP) is 24.0. The van der Waals surface area contributed by atoms with E-state index in [1.807, 2.05) is 57.2 Å². The monoisotopic (exact) mass is 1910 g/mol. The Labute approximate surface area is 798 Å². The fourth-order valence-corrected chi connectivity index (χ4v) is 15.1. The first-order chi connectivity index (χ1) is 65.5. The molecule has 740 valence electrons. The fraction of sp³-hybridized carbons (Fsp3) is 0.402. The molecule has 30 heteroatoms. The van der Waals surface area contributed by atoms with Crippen molar-refractivity contribution in [1.29, 1.82) is 0 Å². The van der Waals surface area contributed by atoms with Gasteiger partial charge < -0.3 is 58.9 Å². The molecule has 0 atom stereocenters. The molecule has 8 aromatic rings. The van der Waals surface area contributed by atoms with Crippen LogP contribution in [0, 0.1) is 0 Å². The van der Waals surface area contributed by atoms with E-state index in [0.29, 0.717) is 107 Å². The number of hydrogen-bond acceptors (Lipinski definition) is 14. The molecule has 0 unspecified atom stereocenters. The molecule has 1 aliphatic carbocycles. The van der Waals surface area contributed by atoms with Crippen molar-refractivity contribution in [3.63, 3.8) is 0 Å². The summed E-state index contributed by atoms with van der Waals surface area (Å²) in [7, 11) is 1.25. The highest BCUT2D eigenvalue weighted by Gasteiger charge is 2.40. The van der Waals surface area contributed by atoms with Gasteiger partial charge in [0, 0.05) is 94.4 Å². The molecule has 1 saturated carbocycles. The molecule has 3 aliphatic heterocycles. The molecule has 20 nitrogen and oxygen atoms in total. The first-order valence-electron chi connectivity index (χ1n) is 46.0. The Kier molecular flexibility index (Phi) is 46.3. The van der Waals surface area contributed by atoms with Crippen LogP contribution in [0.3, 0.4) is 0 Å². The zero-order valence-corrected chi connectivity index (χ0v) is 77.8. The van der Waals surface area contributed by atoms with Crippen molar-refractivity contribution in [1.82, 2.24) is 25.3 Å². The van der Waals surface area contributed by atoms with Gasteiger partial charge in [0.15, 0.2) is 0 Å². The van der Waals surface area contributed by atoms with Crippen LogP contribution in [0.4, 0.5) is 43.9 Å². The van der Waals surface area contributed by atoms with Gasteiger partial charge >= 0.3 is 42.1 Å². The number of carbonyl (C=O) groups excluding carboxylic acids is 7. The van der Waals surface area contributed by atoms with Crippen molar-refractivity contribution in [3.8, 4) is 23.0 Å². The molecule has 3 N–H and O–H groups in total. The summed E-state index contributed by atoms with van der Waals surface area (Å²) in [5.74, 6) is -2.46. The van der Waals surface area contributed by atoms with E-state index in [4.69, 9.17) is 34.9 Å². The van der Waals surface area contributed by atoms with Gasteiger partial charge in [-0.05, 0) is 260 Å². The molecule has 0 bridgehead atoms. The molecule has 0 aromatic heterocycles. The quantitative estimate of drug-likeness (QED) is 0.0280. The van der Waals surface area contributed by atoms with E-state index in [-0.39, 0.29) is 113 Å². The van der Waals surface area contributed by atoms with Gasteiger partial charge in [-0.2, -0.15) is 26.3 Å². The molecular weight excluding hydrogens is 1790 g/mol. The Morgan fingerprint density at radius 2 is 0.577 bits per heavy atom. The summed E-state index contributed by atoms with van der Waals surface area (Å²) in [6, 6.07) is 67.1. The first-order valence-corrected chi connectivity index (χ1v) is 45.0. The number of carbonyl (C=O) groups is 8. The smallest absolute Gasteiger partial charge is 0.471 e. The molecule has 4 aliphatic rings. The van der Waals surface area contributed by atoms with Crippen LogP contribution in [0.15, 0.2) is 266 Å². The highest BCUT2D eigenvalue weighted by molar-refractivity contribution is 5.96. The number of ether oxygens (including phenoxy) is 6. The minimum Gasteiger partial charge on any atom is -0.489 e. The highest BCUT2D eigenvalue weighted by Crippen LogP contribution is 2.35. The van der Waals surface area contributed by atoms with Crippen molar-refractivity contribution < 1.29 is 117 Å². The minimum atomic E-state index is -5.04. The molecule has 0 spiro atoms. The van der Waals surface area contributed by atoms with Crippen LogP contribution in [0.5, 0.6) is 23.0 Å². The lowest BCUT2D eigenvalue weighted by Crippen LogP contribution is -2.38. The molecular formula is C107H127F10N5O15. The first kappa shape index (κ1) is 111. The van der Waals surface area contributed by atoms with E-state index in [9.17, 15) is 82.3 Å². The second kappa shape index (κ2) is 57.1. The van der Waals surface area contributed by atoms with Crippen molar-refractivity contribution in [3.05, 3.63) is 311 Å². The molecule has 137 heavy (non-hydrogen) atoms. The van der Waals surface area contributed by atoms with E-state index >= 15 is 0 Å². The molecule has 3 saturated heterocycles. The zero-order valence-electron chi connectivity index (χ0n) is 78.8. The molecule has 4 fully saturated rings. The van der Waals surface area contributed by atoms with Gasteiger partial charge in [0.25, 0.3) is 17.7 Å². The molecule has 12 rings (SSSR count).